The van der Waals surface area contributed by atoms with Gasteiger partial charge in [-0.2, -0.15) is 0 Å². The monoisotopic (exact) mass is 257 g/mol. The average Bonchev–Trinajstić information content (AvgIpc) is 3.12. The number of aliphatic hydroxyl groups excluding tert-OH is 1. The fraction of sp³-hybridized carbons (Fsp3) is 0.583. The summed E-state index contributed by atoms with van der Waals surface area (Å²) in [6.45, 7) is 2.43. The summed E-state index contributed by atoms with van der Waals surface area (Å²) in [4.78, 5) is 3.90. The van der Waals surface area contributed by atoms with E-state index < -0.39 is 17.2 Å². The lowest BCUT2D eigenvalue weighted by molar-refractivity contribution is 0.265. The number of hydrogen-bond acceptors (Lipinski definition) is 4. The van der Waals surface area contributed by atoms with Crippen LogP contribution in [0, 0.1) is 11.6 Å². The SMILES string of the molecule is CCCNc1nc(NC2(CO)CC2)c(F)cc1F. The Hall–Kier alpha value is -1.43. The van der Waals surface area contributed by atoms with Crippen molar-refractivity contribution in [2.24, 2.45) is 0 Å². The second kappa shape index (κ2) is 5.06. The second-order valence-electron chi connectivity index (χ2n) is 4.64. The van der Waals surface area contributed by atoms with Gasteiger partial charge in [0.05, 0.1) is 12.1 Å². The van der Waals surface area contributed by atoms with Crippen molar-refractivity contribution in [1.82, 2.24) is 4.98 Å². The highest BCUT2D eigenvalue weighted by Crippen LogP contribution is 2.38. The molecule has 1 saturated carbocycles. The molecule has 0 atom stereocenters. The predicted octanol–water partition coefficient (Wildman–Crippen LogP) is 2.12. The van der Waals surface area contributed by atoms with Gasteiger partial charge in [-0.25, -0.2) is 13.8 Å². The Morgan fingerprint density at radius 2 is 2.00 bits per heavy atom. The molecule has 6 heteroatoms. The average molecular weight is 257 g/mol. The molecule has 1 fully saturated rings. The summed E-state index contributed by atoms with van der Waals surface area (Å²) in [5, 5.41) is 14.8. The van der Waals surface area contributed by atoms with Gasteiger partial charge in [-0.3, -0.25) is 0 Å². The van der Waals surface area contributed by atoms with Crippen LogP contribution in [-0.4, -0.2) is 28.8 Å². The van der Waals surface area contributed by atoms with Crippen LogP contribution >= 0.6 is 0 Å². The zero-order valence-electron chi connectivity index (χ0n) is 10.3. The number of nitrogens with one attached hydrogen (secondary N) is 2. The van der Waals surface area contributed by atoms with E-state index in [2.05, 4.69) is 15.6 Å². The summed E-state index contributed by atoms with van der Waals surface area (Å²) >= 11 is 0. The number of pyridine rings is 1. The fourth-order valence-electron chi connectivity index (χ4n) is 1.65. The fourth-order valence-corrected chi connectivity index (χ4v) is 1.65. The van der Waals surface area contributed by atoms with Gasteiger partial charge in [0.2, 0.25) is 0 Å². The van der Waals surface area contributed by atoms with E-state index in [-0.39, 0.29) is 18.2 Å². The Bertz CT molecular complexity index is 436. The second-order valence-corrected chi connectivity index (χ2v) is 4.64. The van der Waals surface area contributed by atoms with Crippen molar-refractivity contribution in [1.29, 1.82) is 0 Å². The Labute approximate surface area is 104 Å². The lowest BCUT2D eigenvalue weighted by Gasteiger charge is -2.16. The van der Waals surface area contributed by atoms with Crippen molar-refractivity contribution in [3.63, 3.8) is 0 Å². The minimum atomic E-state index is -0.741. The molecular formula is C12H17F2N3O. The smallest absolute Gasteiger partial charge is 0.168 e. The Kier molecular flexibility index (Phi) is 3.65. The van der Waals surface area contributed by atoms with Gasteiger partial charge in [-0.15, -0.1) is 0 Å². The maximum Gasteiger partial charge on any atom is 0.168 e. The molecule has 2 rings (SSSR count). The molecule has 1 aliphatic carbocycles. The van der Waals surface area contributed by atoms with E-state index in [1.165, 1.54) is 0 Å². The summed E-state index contributed by atoms with van der Waals surface area (Å²) in [5.41, 5.74) is -0.478. The molecule has 3 N–H and O–H groups in total. The van der Waals surface area contributed by atoms with E-state index in [0.717, 1.165) is 25.3 Å². The first kappa shape index (κ1) is 13.0. The van der Waals surface area contributed by atoms with Gasteiger partial charge >= 0.3 is 0 Å². The van der Waals surface area contributed by atoms with Crippen molar-refractivity contribution in [3.8, 4) is 0 Å². The van der Waals surface area contributed by atoms with Gasteiger partial charge in [0, 0.05) is 12.6 Å². The van der Waals surface area contributed by atoms with Crippen molar-refractivity contribution >= 4 is 11.6 Å². The zero-order valence-corrected chi connectivity index (χ0v) is 10.3. The zero-order chi connectivity index (χ0) is 13.2. The highest BCUT2D eigenvalue weighted by molar-refractivity contribution is 5.50. The molecule has 4 nitrogen and oxygen atoms in total. The van der Waals surface area contributed by atoms with E-state index >= 15 is 0 Å². The van der Waals surface area contributed by atoms with E-state index in [9.17, 15) is 13.9 Å². The molecule has 0 radical (unpaired) electrons. The molecule has 1 aliphatic rings. The number of aromatic nitrogens is 1. The third-order valence-electron chi connectivity index (χ3n) is 3.01. The minimum Gasteiger partial charge on any atom is -0.394 e. The molecular weight excluding hydrogens is 240 g/mol. The third-order valence-corrected chi connectivity index (χ3v) is 3.01. The molecule has 0 bridgehead atoms. The molecule has 0 unspecified atom stereocenters. The number of nitrogens with zero attached hydrogens (tertiary/aromatic N) is 1. The Morgan fingerprint density at radius 1 is 1.33 bits per heavy atom. The third kappa shape index (κ3) is 2.69. The molecule has 1 aromatic rings. The van der Waals surface area contributed by atoms with Gasteiger partial charge in [0.25, 0.3) is 0 Å². The highest BCUT2D eigenvalue weighted by Gasteiger charge is 2.43. The molecule has 0 saturated heterocycles. The first-order chi connectivity index (χ1) is 8.60. The van der Waals surface area contributed by atoms with Gasteiger partial charge in [-0.1, -0.05) is 6.92 Å². The summed E-state index contributed by atoms with van der Waals surface area (Å²) in [5.74, 6) is -1.43. The Morgan fingerprint density at radius 3 is 2.56 bits per heavy atom. The number of aliphatic hydroxyl groups is 1. The van der Waals surface area contributed by atoms with E-state index in [0.29, 0.717) is 6.54 Å². The quantitative estimate of drug-likeness (QED) is 0.730. The summed E-state index contributed by atoms with van der Waals surface area (Å²) in [7, 11) is 0. The normalized spacial score (nSPS) is 16.4. The summed E-state index contributed by atoms with van der Waals surface area (Å²) in [6.07, 6.45) is 2.35. The maximum absolute atomic E-state index is 13.6. The van der Waals surface area contributed by atoms with Crippen LogP contribution in [0.15, 0.2) is 6.07 Å². The van der Waals surface area contributed by atoms with Crippen LogP contribution in [0.1, 0.15) is 26.2 Å². The van der Waals surface area contributed by atoms with E-state index in [1.54, 1.807) is 0 Å². The van der Waals surface area contributed by atoms with Gasteiger partial charge in [0.15, 0.2) is 23.3 Å². The first-order valence-corrected chi connectivity index (χ1v) is 6.09. The number of anilines is 2. The molecule has 0 aromatic carbocycles. The number of halogens is 2. The molecule has 1 aromatic heterocycles. The van der Waals surface area contributed by atoms with Crippen LogP contribution in [0.2, 0.25) is 0 Å². The lowest BCUT2D eigenvalue weighted by atomic mass is 10.3. The van der Waals surface area contributed by atoms with Crippen LogP contribution in [0.25, 0.3) is 0 Å². The molecule has 1 heterocycles. The number of rotatable bonds is 6. The molecule has 0 amide bonds. The van der Waals surface area contributed by atoms with Crippen molar-refractivity contribution in [2.75, 3.05) is 23.8 Å². The lowest BCUT2D eigenvalue weighted by Crippen LogP contribution is -2.27. The van der Waals surface area contributed by atoms with Gasteiger partial charge in [0.1, 0.15) is 0 Å². The van der Waals surface area contributed by atoms with Gasteiger partial charge in [-0.05, 0) is 19.3 Å². The summed E-state index contributed by atoms with van der Waals surface area (Å²) < 4.78 is 27.0. The standard InChI is InChI=1S/C12H17F2N3O/c1-2-5-15-10-8(13)6-9(14)11(16-10)17-12(7-18)3-4-12/h6,18H,2-5,7H2,1H3,(H2,15,16,17). The molecule has 0 spiro atoms. The van der Waals surface area contributed by atoms with Gasteiger partial charge < -0.3 is 15.7 Å². The topological polar surface area (TPSA) is 57.2 Å². The van der Waals surface area contributed by atoms with Crippen LogP contribution in [-0.2, 0) is 0 Å². The van der Waals surface area contributed by atoms with E-state index in [4.69, 9.17) is 0 Å². The largest absolute Gasteiger partial charge is 0.394 e. The molecule has 18 heavy (non-hydrogen) atoms. The minimum absolute atomic E-state index is 0.0125. The van der Waals surface area contributed by atoms with Crippen LogP contribution in [0.5, 0.6) is 0 Å². The highest BCUT2D eigenvalue weighted by atomic mass is 19.1. The van der Waals surface area contributed by atoms with Crippen LogP contribution in [0.3, 0.4) is 0 Å². The number of hydrogen-bond donors (Lipinski definition) is 3. The van der Waals surface area contributed by atoms with Crippen molar-refractivity contribution in [3.05, 3.63) is 17.7 Å². The van der Waals surface area contributed by atoms with E-state index in [1.807, 2.05) is 6.92 Å². The Balaban J connectivity index is 2.18. The first-order valence-electron chi connectivity index (χ1n) is 6.09. The van der Waals surface area contributed by atoms with Crippen molar-refractivity contribution in [2.45, 2.75) is 31.7 Å². The van der Waals surface area contributed by atoms with Crippen LogP contribution < -0.4 is 10.6 Å². The van der Waals surface area contributed by atoms with Crippen molar-refractivity contribution < 1.29 is 13.9 Å². The molecule has 0 aliphatic heterocycles. The maximum atomic E-state index is 13.6. The van der Waals surface area contributed by atoms with Crippen LogP contribution in [0.4, 0.5) is 20.4 Å². The predicted molar refractivity (Wildman–Crippen MR) is 65.6 cm³/mol. The molecule has 100 valence electrons. The summed E-state index contributed by atoms with van der Waals surface area (Å²) in [6, 6.07) is 0.806.